The van der Waals surface area contributed by atoms with Gasteiger partial charge in [-0.1, -0.05) is 194 Å². The van der Waals surface area contributed by atoms with Crippen molar-refractivity contribution in [3.8, 4) is 56.7 Å². The third kappa shape index (κ3) is 7.47. The molecule has 0 radical (unpaired) electrons. The highest BCUT2D eigenvalue weighted by molar-refractivity contribution is 7.26. The van der Waals surface area contributed by atoms with Gasteiger partial charge in [0.2, 0.25) is 5.95 Å². The van der Waals surface area contributed by atoms with Crippen LogP contribution in [0.15, 0.2) is 261 Å². The van der Waals surface area contributed by atoms with Crippen LogP contribution >= 0.6 is 22.7 Å². The summed E-state index contributed by atoms with van der Waals surface area (Å²) in [5.74, 6) is 0.676. The maximum Gasteiger partial charge on any atom is 0.235 e. The van der Waals surface area contributed by atoms with E-state index in [2.05, 4.69) is 258 Å². The van der Waals surface area contributed by atoms with E-state index in [-0.39, 0.29) is 0 Å². The molecule has 5 nitrogen and oxygen atoms in total. The molecule has 0 aliphatic heterocycles. The second-order valence-electron chi connectivity index (χ2n) is 19.1. The number of nitrogens with zero attached hydrogens (tertiary/aromatic N) is 5. The molecule has 16 rings (SSSR count). The molecule has 0 bridgehead atoms. The second kappa shape index (κ2) is 18.1. The summed E-state index contributed by atoms with van der Waals surface area (Å²) in [5.41, 5.74) is 13.9. The maximum atomic E-state index is 5.16. The van der Waals surface area contributed by atoms with Gasteiger partial charge in [-0.3, -0.25) is 4.57 Å². The van der Waals surface area contributed by atoms with Gasteiger partial charge < -0.3 is 4.57 Å². The number of rotatable bonds is 6. The van der Waals surface area contributed by atoms with Crippen LogP contribution in [0.3, 0.4) is 0 Å². The minimum Gasteiger partial charge on any atom is -0.309 e. The Morgan fingerprint density at radius 3 is 1.04 bits per heavy atom. The molecule has 6 aromatic heterocycles. The standard InChI is InChI=1S/C35H22N2S.C34H21N3S/c1-3-11-23(12-4-1)30-19-25(20-31(36-30)24-13-5-2-6-14-24)37-32-17-9-7-15-26(32)28-22-35-29(21-33(28)37)27-16-8-10-18-34(27)38-35;1-3-11-22(12-4-1)28-21-29(23-13-5-2-6-14-23)36-34(35-28)37-30-17-9-7-15-24(30)26-20-33-27(19-31(26)37)25-16-8-10-18-32(25)38-33/h1-22H;1-21H. The first-order valence-corrected chi connectivity index (χ1v) is 27.1. The number of pyridine rings is 1. The molecular weight excluding hydrogens is 963 g/mol. The van der Waals surface area contributed by atoms with E-state index in [9.17, 15) is 0 Å². The van der Waals surface area contributed by atoms with E-state index >= 15 is 0 Å². The summed E-state index contributed by atoms with van der Waals surface area (Å²) < 4.78 is 9.90. The third-order valence-electron chi connectivity index (χ3n) is 14.6. The normalized spacial score (nSPS) is 11.7. The Labute approximate surface area is 445 Å². The third-order valence-corrected chi connectivity index (χ3v) is 16.9. The van der Waals surface area contributed by atoms with Crippen LogP contribution in [-0.4, -0.2) is 24.1 Å². The SMILES string of the molecule is c1ccc(-c2cc(-c3ccccc3)nc(-n3c4ccccc4c4cc5sc6ccccc6c5cc43)n2)cc1.c1ccc(-c2cc(-n3c4ccccc4c4cc5sc6ccccc6c5cc43)cc(-c3ccccc3)n2)cc1. The predicted octanol–water partition coefficient (Wildman–Crippen LogP) is 19.2. The van der Waals surface area contributed by atoms with E-state index in [1.54, 1.807) is 0 Å². The predicted molar refractivity (Wildman–Crippen MR) is 322 cm³/mol. The number of thiophene rings is 2. The molecule has 0 unspecified atom stereocenters. The lowest BCUT2D eigenvalue weighted by Gasteiger charge is -2.13. The quantitative estimate of drug-likeness (QED) is 0.167. The van der Waals surface area contributed by atoms with Crippen molar-refractivity contribution in [2.75, 3.05) is 0 Å². The van der Waals surface area contributed by atoms with E-state index in [1.165, 1.54) is 72.9 Å². The highest BCUT2D eigenvalue weighted by atomic mass is 32.1. The minimum absolute atomic E-state index is 0.676. The summed E-state index contributed by atoms with van der Waals surface area (Å²) in [5, 5.41) is 10.1. The summed E-state index contributed by atoms with van der Waals surface area (Å²) in [6, 6.07) is 92.3. The highest BCUT2D eigenvalue weighted by Crippen LogP contribution is 2.43. The highest BCUT2D eigenvalue weighted by Gasteiger charge is 2.20. The van der Waals surface area contributed by atoms with E-state index in [1.807, 2.05) is 34.8 Å². The van der Waals surface area contributed by atoms with Crippen LogP contribution in [0.1, 0.15) is 0 Å². The molecule has 0 atom stereocenters. The van der Waals surface area contributed by atoms with Gasteiger partial charge in [-0.2, -0.15) is 0 Å². The molecule has 0 spiro atoms. The van der Waals surface area contributed by atoms with Crippen molar-refractivity contribution in [1.82, 2.24) is 24.1 Å². The van der Waals surface area contributed by atoms with Gasteiger partial charge in [-0.15, -0.1) is 22.7 Å². The summed E-state index contributed by atoms with van der Waals surface area (Å²) in [4.78, 5) is 15.4. The summed E-state index contributed by atoms with van der Waals surface area (Å²) in [6.45, 7) is 0. The van der Waals surface area contributed by atoms with Crippen LogP contribution in [0.4, 0.5) is 0 Å². The van der Waals surface area contributed by atoms with Gasteiger partial charge >= 0.3 is 0 Å². The minimum atomic E-state index is 0.676. The van der Waals surface area contributed by atoms with Crippen LogP contribution in [0.5, 0.6) is 0 Å². The zero-order valence-electron chi connectivity index (χ0n) is 40.9. The van der Waals surface area contributed by atoms with Crippen LogP contribution in [0.2, 0.25) is 0 Å². The zero-order chi connectivity index (χ0) is 50.1. The molecule has 7 heteroatoms. The van der Waals surface area contributed by atoms with Gasteiger partial charge in [0.15, 0.2) is 0 Å². The average Bonchev–Trinajstić information content (AvgIpc) is 4.27. The molecule has 0 fully saturated rings. The summed E-state index contributed by atoms with van der Waals surface area (Å²) in [6.07, 6.45) is 0. The molecule has 0 saturated carbocycles. The van der Waals surface area contributed by atoms with Crippen LogP contribution in [-0.2, 0) is 0 Å². The molecular formula is C69H43N5S2. The lowest BCUT2D eigenvalue weighted by Crippen LogP contribution is -2.03. The maximum absolute atomic E-state index is 5.16. The van der Waals surface area contributed by atoms with E-state index < -0.39 is 0 Å². The van der Waals surface area contributed by atoms with Crippen LogP contribution in [0.25, 0.3) is 141 Å². The number of hydrogen-bond acceptors (Lipinski definition) is 5. The largest absolute Gasteiger partial charge is 0.309 e. The van der Waals surface area contributed by atoms with Crippen molar-refractivity contribution in [1.29, 1.82) is 0 Å². The molecule has 0 amide bonds. The van der Waals surface area contributed by atoms with Crippen molar-refractivity contribution in [3.63, 3.8) is 0 Å². The molecule has 0 aliphatic carbocycles. The van der Waals surface area contributed by atoms with Gasteiger partial charge in [0.1, 0.15) is 0 Å². The van der Waals surface area contributed by atoms with Gasteiger partial charge in [0.05, 0.1) is 50.5 Å². The smallest absolute Gasteiger partial charge is 0.235 e. The lowest BCUT2D eigenvalue weighted by atomic mass is 10.1. The summed E-state index contributed by atoms with van der Waals surface area (Å²) >= 11 is 3.72. The van der Waals surface area contributed by atoms with Crippen molar-refractivity contribution < 1.29 is 0 Å². The van der Waals surface area contributed by atoms with Crippen LogP contribution < -0.4 is 0 Å². The Bertz CT molecular complexity index is 4440. The number of aromatic nitrogens is 5. The Kier molecular flexibility index (Phi) is 10.5. The first-order valence-electron chi connectivity index (χ1n) is 25.5. The number of hydrogen-bond donors (Lipinski definition) is 0. The van der Waals surface area contributed by atoms with Gasteiger partial charge in [0, 0.05) is 84.1 Å². The molecule has 16 aromatic rings. The van der Waals surface area contributed by atoms with Crippen molar-refractivity contribution in [2.24, 2.45) is 0 Å². The Balaban J connectivity index is 0.000000133. The topological polar surface area (TPSA) is 48.5 Å². The van der Waals surface area contributed by atoms with Crippen molar-refractivity contribution in [2.45, 2.75) is 0 Å². The van der Waals surface area contributed by atoms with Crippen molar-refractivity contribution in [3.05, 3.63) is 261 Å². The molecule has 0 saturated heterocycles. The number of para-hydroxylation sites is 2. The fourth-order valence-corrected chi connectivity index (χ4v) is 13.3. The number of fused-ring (bicyclic) bond motifs is 12. The van der Waals surface area contributed by atoms with Crippen LogP contribution in [0, 0.1) is 0 Å². The van der Waals surface area contributed by atoms with E-state index in [4.69, 9.17) is 15.0 Å². The Hall–Kier alpha value is -9.53. The van der Waals surface area contributed by atoms with E-state index in [0.717, 1.165) is 61.8 Å². The van der Waals surface area contributed by atoms with E-state index in [0.29, 0.717) is 5.95 Å². The Morgan fingerprint density at radius 1 is 0.237 bits per heavy atom. The first kappa shape index (κ1) is 44.0. The molecule has 356 valence electrons. The fourth-order valence-electron chi connectivity index (χ4n) is 11.1. The monoisotopic (exact) mass is 1010 g/mol. The molecule has 76 heavy (non-hydrogen) atoms. The van der Waals surface area contributed by atoms with Gasteiger partial charge in [-0.05, 0) is 66.7 Å². The lowest BCUT2D eigenvalue weighted by molar-refractivity contribution is 0.996. The van der Waals surface area contributed by atoms with Crippen molar-refractivity contribution >= 4 is 107 Å². The summed E-state index contributed by atoms with van der Waals surface area (Å²) in [7, 11) is 0. The van der Waals surface area contributed by atoms with Gasteiger partial charge in [0.25, 0.3) is 0 Å². The average molecular weight is 1010 g/mol. The molecule has 10 aromatic carbocycles. The second-order valence-corrected chi connectivity index (χ2v) is 21.3. The molecule has 6 heterocycles. The molecule has 0 aliphatic rings. The van der Waals surface area contributed by atoms with Gasteiger partial charge in [-0.25, -0.2) is 15.0 Å². The fraction of sp³-hybridized carbons (Fsp3) is 0. The first-order chi connectivity index (χ1) is 37.7. The number of benzene rings is 10. The molecule has 0 N–H and O–H groups in total. The zero-order valence-corrected chi connectivity index (χ0v) is 42.5. The Morgan fingerprint density at radius 2 is 0.592 bits per heavy atom.